The quantitative estimate of drug-likeness (QED) is 0.695. The minimum Gasteiger partial charge on any atom is -0.481 e. The number of carbonyl (C=O) groups excluding carboxylic acids is 1. The highest BCUT2D eigenvalue weighted by Gasteiger charge is 2.47. The molecule has 3 N–H and O–H groups in total. The van der Waals surface area contributed by atoms with Crippen LogP contribution in [-0.2, 0) is 23.0 Å². The van der Waals surface area contributed by atoms with E-state index in [1.54, 1.807) is 11.6 Å². The van der Waals surface area contributed by atoms with Crippen molar-refractivity contribution in [3.63, 3.8) is 0 Å². The largest absolute Gasteiger partial charge is 0.481 e. The van der Waals surface area contributed by atoms with Crippen molar-refractivity contribution in [3.8, 4) is 0 Å². The number of carboxylic acid groups (broad SMARTS) is 1. The molecule has 1 aromatic heterocycles. The van der Waals surface area contributed by atoms with Crippen molar-refractivity contribution in [2.45, 2.75) is 19.4 Å². The van der Waals surface area contributed by atoms with Gasteiger partial charge >= 0.3 is 12.0 Å². The number of nitrogens with zero attached hydrogens (tertiary/aromatic N) is 2. The van der Waals surface area contributed by atoms with E-state index in [0.717, 1.165) is 5.69 Å². The fourth-order valence-corrected chi connectivity index (χ4v) is 2.19. The van der Waals surface area contributed by atoms with Crippen LogP contribution < -0.4 is 10.6 Å². The first-order valence-electron chi connectivity index (χ1n) is 6.76. The molecule has 1 saturated heterocycles. The van der Waals surface area contributed by atoms with E-state index in [9.17, 15) is 14.7 Å². The second kappa shape index (κ2) is 6.13. The van der Waals surface area contributed by atoms with Gasteiger partial charge in [-0.15, -0.1) is 0 Å². The van der Waals surface area contributed by atoms with Gasteiger partial charge in [-0.2, -0.15) is 5.10 Å². The van der Waals surface area contributed by atoms with Gasteiger partial charge in [0, 0.05) is 26.2 Å². The maximum Gasteiger partial charge on any atom is 0.315 e. The van der Waals surface area contributed by atoms with Gasteiger partial charge in [-0.05, 0) is 13.0 Å². The lowest BCUT2D eigenvalue weighted by molar-refractivity contribution is -0.148. The Morgan fingerprint density at radius 2 is 2.38 bits per heavy atom. The second-order valence-electron chi connectivity index (χ2n) is 5.42. The van der Waals surface area contributed by atoms with Crippen LogP contribution in [0.5, 0.6) is 0 Å². The molecule has 0 aromatic carbocycles. The lowest BCUT2D eigenvalue weighted by atomic mass is 9.85. The summed E-state index contributed by atoms with van der Waals surface area (Å²) in [6.07, 6.45) is 2.45. The molecule has 116 valence electrons. The van der Waals surface area contributed by atoms with Crippen molar-refractivity contribution in [1.29, 1.82) is 0 Å². The van der Waals surface area contributed by atoms with E-state index in [1.807, 2.05) is 19.3 Å². The topological polar surface area (TPSA) is 105 Å². The van der Waals surface area contributed by atoms with Crippen LogP contribution in [0.4, 0.5) is 4.79 Å². The van der Waals surface area contributed by atoms with E-state index in [0.29, 0.717) is 13.0 Å². The fraction of sp³-hybridized carbons (Fsp3) is 0.615. The van der Waals surface area contributed by atoms with Gasteiger partial charge in [0.1, 0.15) is 5.41 Å². The summed E-state index contributed by atoms with van der Waals surface area (Å²) in [4.78, 5) is 23.1. The fourth-order valence-electron chi connectivity index (χ4n) is 2.19. The number of ether oxygens (including phenoxy) is 1. The molecule has 0 aliphatic carbocycles. The first-order chi connectivity index (χ1) is 9.91. The third-order valence-electron chi connectivity index (χ3n) is 3.68. The molecule has 1 aliphatic heterocycles. The highest BCUT2D eigenvalue weighted by molar-refractivity contribution is 5.79. The van der Waals surface area contributed by atoms with Crippen LogP contribution in [0.2, 0.25) is 0 Å². The molecule has 2 heterocycles. The van der Waals surface area contributed by atoms with Gasteiger partial charge in [0.2, 0.25) is 0 Å². The number of urea groups is 1. The van der Waals surface area contributed by atoms with E-state index in [1.165, 1.54) is 0 Å². The molecule has 2 amide bonds. The van der Waals surface area contributed by atoms with Gasteiger partial charge in [-0.1, -0.05) is 0 Å². The molecule has 0 bridgehead atoms. The van der Waals surface area contributed by atoms with Gasteiger partial charge in [0.25, 0.3) is 0 Å². The number of hydrogen-bond acceptors (Lipinski definition) is 4. The summed E-state index contributed by atoms with van der Waals surface area (Å²) in [6, 6.07) is 0.949. The van der Waals surface area contributed by atoms with Gasteiger partial charge in [-0.3, -0.25) is 9.48 Å². The first kappa shape index (κ1) is 15.3. The molecule has 1 aliphatic rings. The number of aromatic nitrogens is 2. The molecule has 1 aromatic rings. The van der Waals surface area contributed by atoms with Crippen molar-refractivity contribution >= 4 is 12.0 Å². The summed E-state index contributed by atoms with van der Waals surface area (Å²) in [5, 5.41) is 18.8. The predicted molar refractivity (Wildman–Crippen MR) is 73.8 cm³/mol. The minimum absolute atomic E-state index is 0.0984. The van der Waals surface area contributed by atoms with Crippen molar-refractivity contribution in [3.05, 3.63) is 18.0 Å². The van der Waals surface area contributed by atoms with Crippen molar-refractivity contribution in [2.75, 3.05) is 19.8 Å². The number of nitrogens with one attached hydrogen (secondary N) is 2. The lowest BCUT2D eigenvalue weighted by Gasteiger charge is -2.25. The SMILES string of the molecule is Cn1ccc(CCNC(=O)NC2COCC2(C)C(=O)O)n1. The number of carboxylic acids is 1. The van der Waals surface area contributed by atoms with Crippen LogP contribution in [0, 0.1) is 5.41 Å². The maximum atomic E-state index is 11.8. The standard InChI is InChI=1S/C13H20N4O4/c1-13(11(18)19)8-21-7-10(13)15-12(20)14-5-3-9-4-6-17(2)16-9/h4,6,10H,3,5,7-8H2,1-2H3,(H,18,19)(H2,14,15,20). The highest BCUT2D eigenvalue weighted by Crippen LogP contribution is 2.28. The summed E-state index contributed by atoms with van der Waals surface area (Å²) in [5.41, 5.74) is -0.199. The number of carbonyl (C=O) groups is 2. The Labute approximate surface area is 122 Å². The molecule has 8 heteroatoms. The molecule has 0 spiro atoms. The van der Waals surface area contributed by atoms with Crippen molar-refractivity contribution in [1.82, 2.24) is 20.4 Å². The van der Waals surface area contributed by atoms with Crippen LogP contribution in [0.1, 0.15) is 12.6 Å². The monoisotopic (exact) mass is 296 g/mol. The van der Waals surface area contributed by atoms with Crippen LogP contribution in [0.15, 0.2) is 12.3 Å². The third kappa shape index (κ3) is 3.52. The van der Waals surface area contributed by atoms with Crippen LogP contribution >= 0.6 is 0 Å². The maximum absolute atomic E-state index is 11.8. The molecule has 2 rings (SSSR count). The van der Waals surface area contributed by atoms with Crippen LogP contribution in [0.25, 0.3) is 0 Å². The Morgan fingerprint density at radius 1 is 1.62 bits per heavy atom. The average molecular weight is 296 g/mol. The predicted octanol–water partition coefficient (Wildman–Crippen LogP) is -0.248. The molecular weight excluding hydrogens is 276 g/mol. The zero-order valence-corrected chi connectivity index (χ0v) is 12.1. The van der Waals surface area contributed by atoms with Gasteiger partial charge in [-0.25, -0.2) is 4.79 Å². The van der Waals surface area contributed by atoms with Crippen molar-refractivity contribution < 1.29 is 19.4 Å². The summed E-state index contributed by atoms with van der Waals surface area (Å²) >= 11 is 0. The zero-order chi connectivity index (χ0) is 15.5. The van der Waals surface area contributed by atoms with E-state index >= 15 is 0 Å². The molecule has 0 radical (unpaired) electrons. The number of rotatable bonds is 5. The molecule has 1 fully saturated rings. The summed E-state index contributed by atoms with van der Waals surface area (Å²) in [5.74, 6) is -0.973. The molecular formula is C13H20N4O4. The smallest absolute Gasteiger partial charge is 0.315 e. The summed E-state index contributed by atoms with van der Waals surface area (Å²) in [6.45, 7) is 2.30. The van der Waals surface area contributed by atoms with Gasteiger partial charge in [0.15, 0.2) is 0 Å². The molecule has 8 nitrogen and oxygen atoms in total. The Kier molecular flexibility index (Phi) is 4.46. The van der Waals surface area contributed by atoms with E-state index in [2.05, 4.69) is 15.7 Å². The highest BCUT2D eigenvalue weighted by atomic mass is 16.5. The Bertz CT molecular complexity index is 530. The molecule has 2 atom stereocenters. The Morgan fingerprint density at radius 3 is 3.00 bits per heavy atom. The minimum atomic E-state index is -1.08. The molecule has 21 heavy (non-hydrogen) atoms. The normalized spacial score (nSPS) is 24.8. The summed E-state index contributed by atoms with van der Waals surface area (Å²) in [7, 11) is 1.83. The van der Waals surface area contributed by atoms with Crippen LogP contribution in [0.3, 0.4) is 0 Å². The zero-order valence-electron chi connectivity index (χ0n) is 12.1. The lowest BCUT2D eigenvalue weighted by Crippen LogP contribution is -2.52. The van der Waals surface area contributed by atoms with E-state index in [-0.39, 0.29) is 13.2 Å². The number of hydrogen-bond donors (Lipinski definition) is 3. The summed E-state index contributed by atoms with van der Waals surface area (Å²) < 4.78 is 6.87. The van der Waals surface area contributed by atoms with E-state index in [4.69, 9.17) is 4.74 Å². The van der Waals surface area contributed by atoms with Gasteiger partial charge in [0.05, 0.1) is 24.9 Å². The Hall–Kier alpha value is -2.09. The number of amides is 2. The average Bonchev–Trinajstić information content (AvgIpc) is 2.98. The van der Waals surface area contributed by atoms with Crippen LogP contribution in [-0.4, -0.2) is 52.7 Å². The van der Waals surface area contributed by atoms with Crippen molar-refractivity contribution in [2.24, 2.45) is 12.5 Å². The second-order valence-corrected chi connectivity index (χ2v) is 5.42. The van der Waals surface area contributed by atoms with Gasteiger partial charge < -0.3 is 20.5 Å². The van der Waals surface area contributed by atoms with E-state index < -0.39 is 23.5 Å². The third-order valence-corrected chi connectivity index (χ3v) is 3.68. The molecule has 0 saturated carbocycles. The number of aliphatic carboxylic acids is 1. The Balaban J connectivity index is 1.78. The first-order valence-corrected chi connectivity index (χ1v) is 6.76. The number of aryl methyl sites for hydroxylation is 1. The molecule has 2 unspecified atom stereocenters.